The van der Waals surface area contributed by atoms with E-state index in [0.717, 1.165) is 30.7 Å². The van der Waals surface area contributed by atoms with E-state index in [2.05, 4.69) is 20.4 Å². The molecule has 0 spiro atoms. The van der Waals surface area contributed by atoms with Crippen LogP contribution in [0.5, 0.6) is 0 Å². The van der Waals surface area contributed by atoms with Crippen LogP contribution in [0.4, 0.5) is 0 Å². The van der Waals surface area contributed by atoms with Crippen molar-refractivity contribution in [3.8, 4) is 11.4 Å². The number of likely N-dealkylation sites (tertiary alicyclic amines) is 1. The minimum atomic E-state index is -0.0387. The summed E-state index contributed by atoms with van der Waals surface area (Å²) in [5.41, 5.74) is 2.13. The van der Waals surface area contributed by atoms with E-state index in [1.165, 1.54) is 5.56 Å². The zero-order valence-electron chi connectivity index (χ0n) is 15.9. The second-order valence-electron chi connectivity index (χ2n) is 7.25. The van der Waals surface area contributed by atoms with Gasteiger partial charge in [-0.15, -0.1) is 0 Å². The molecule has 28 heavy (non-hydrogen) atoms. The summed E-state index contributed by atoms with van der Waals surface area (Å²) in [4.78, 5) is 19.2. The quantitative estimate of drug-likeness (QED) is 0.707. The van der Waals surface area contributed by atoms with E-state index in [4.69, 9.17) is 8.94 Å². The zero-order chi connectivity index (χ0) is 19.3. The fourth-order valence-electron chi connectivity index (χ4n) is 3.48. The van der Waals surface area contributed by atoms with Crippen molar-refractivity contribution in [1.82, 2.24) is 20.4 Å². The molecule has 0 bridgehead atoms. The van der Waals surface area contributed by atoms with Gasteiger partial charge in [0.15, 0.2) is 0 Å². The Hall–Kier alpha value is -2.93. The number of nitrogens with zero attached hydrogens (tertiary/aromatic N) is 3. The molecule has 1 aliphatic heterocycles. The first-order valence-electron chi connectivity index (χ1n) is 9.59. The molecule has 1 saturated heterocycles. The predicted molar refractivity (Wildman–Crippen MR) is 103 cm³/mol. The van der Waals surface area contributed by atoms with E-state index < -0.39 is 0 Å². The van der Waals surface area contributed by atoms with Crippen LogP contribution in [-0.4, -0.2) is 34.0 Å². The van der Waals surface area contributed by atoms with Crippen LogP contribution in [0.1, 0.15) is 30.1 Å². The molecule has 7 heteroatoms. The number of furan rings is 1. The molecular weight excluding hydrogens is 356 g/mol. The number of aromatic nitrogens is 2. The Balaban J connectivity index is 1.32. The summed E-state index contributed by atoms with van der Waals surface area (Å²) in [5.74, 6) is 1.96. The van der Waals surface area contributed by atoms with Crippen LogP contribution in [0.25, 0.3) is 11.4 Å². The van der Waals surface area contributed by atoms with Crippen molar-refractivity contribution in [3.63, 3.8) is 0 Å². The molecule has 1 fully saturated rings. The smallest absolute Gasteiger partial charge is 0.241 e. The zero-order valence-corrected chi connectivity index (χ0v) is 15.9. The SMILES string of the molecule is Cc1ccc(-c2noc(CN3CCCC(C(=O)NCc4ccco4)C3)n2)cc1. The number of hydrogen-bond acceptors (Lipinski definition) is 6. The first-order chi connectivity index (χ1) is 13.7. The Labute approximate surface area is 163 Å². The number of carbonyl (C=O) groups is 1. The van der Waals surface area contributed by atoms with Crippen molar-refractivity contribution in [3.05, 3.63) is 59.9 Å². The standard InChI is InChI=1S/C21H24N4O3/c1-15-6-8-16(9-7-15)20-23-19(28-24-20)14-25-10-2-4-17(13-25)21(26)22-12-18-5-3-11-27-18/h3,5-9,11,17H,2,4,10,12-14H2,1H3,(H,22,26). The van der Waals surface area contributed by atoms with Crippen LogP contribution >= 0.6 is 0 Å². The van der Waals surface area contributed by atoms with Gasteiger partial charge < -0.3 is 14.3 Å². The van der Waals surface area contributed by atoms with Gasteiger partial charge in [0.25, 0.3) is 0 Å². The van der Waals surface area contributed by atoms with E-state index >= 15 is 0 Å². The number of piperidine rings is 1. The van der Waals surface area contributed by atoms with Gasteiger partial charge in [0.2, 0.25) is 17.6 Å². The van der Waals surface area contributed by atoms with Gasteiger partial charge in [-0.1, -0.05) is 35.0 Å². The molecule has 1 unspecified atom stereocenters. The first-order valence-corrected chi connectivity index (χ1v) is 9.59. The maximum atomic E-state index is 12.5. The summed E-state index contributed by atoms with van der Waals surface area (Å²) in [6, 6.07) is 11.7. The maximum Gasteiger partial charge on any atom is 0.241 e. The molecule has 2 aromatic heterocycles. The van der Waals surface area contributed by atoms with Gasteiger partial charge in [0.05, 0.1) is 25.3 Å². The lowest BCUT2D eigenvalue weighted by Crippen LogP contribution is -2.42. The third-order valence-electron chi connectivity index (χ3n) is 5.03. The average molecular weight is 380 g/mol. The summed E-state index contributed by atoms with van der Waals surface area (Å²) in [5, 5.41) is 7.05. The number of amides is 1. The van der Waals surface area contributed by atoms with Crippen LogP contribution < -0.4 is 5.32 Å². The summed E-state index contributed by atoms with van der Waals surface area (Å²) in [6.45, 7) is 4.63. The monoisotopic (exact) mass is 380 g/mol. The molecule has 1 atom stereocenters. The van der Waals surface area contributed by atoms with Crippen LogP contribution in [0, 0.1) is 12.8 Å². The first kappa shape index (κ1) is 18.4. The van der Waals surface area contributed by atoms with E-state index in [9.17, 15) is 4.79 Å². The van der Waals surface area contributed by atoms with E-state index in [1.54, 1.807) is 6.26 Å². The highest BCUT2D eigenvalue weighted by atomic mass is 16.5. The minimum Gasteiger partial charge on any atom is -0.467 e. The van der Waals surface area contributed by atoms with Gasteiger partial charge in [0, 0.05) is 12.1 Å². The Bertz CT molecular complexity index is 902. The molecule has 0 saturated carbocycles. The Morgan fingerprint density at radius 2 is 2.14 bits per heavy atom. The lowest BCUT2D eigenvalue weighted by molar-refractivity contribution is -0.127. The van der Waals surface area contributed by atoms with Crippen molar-refractivity contribution in [2.45, 2.75) is 32.9 Å². The molecule has 7 nitrogen and oxygen atoms in total. The third-order valence-corrected chi connectivity index (χ3v) is 5.03. The van der Waals surface area contributed by atoms with Crippen molar-refractivity contribution in [1.29, 1.82) is 0 Å². The molecule has 1 N–H and O–H groups in total. The largest absolute Gasteiger partial charge is 0.467 e. The van der Waals surface area contributed by atoms with Gasteiger partial charge in [0.1, 0.15) is 5.76 Å². The van der Waals surface area contributed by atoms with E-state index in [0.29, 0.717) is 31.3 Å². The summed E-state index contributed by atoms with van der Waals surface area (Å²) < 4.78 is 10.7. The Kier molecular flexibility index (Phi) is 5.53. The number of aryl methyl sites for hydroxylation is 1. The van der Waals surface area contributed by atoms with Gasteiger partial charge in [-0.05, 0) is 38.4 Å². The Morgan fingerprint density at radius 3 is 2.93 bits per heavy atom. The lowest BCUT2D eigenvalue weighted by atomic mass is 9.97. The molecule has 4 rings (SSSR count). The van der Waals surface area contributed by atoms with Crippen molar-refractivity contribution in [2.75, 3.05) is 13.1 Å². The molecular formula is C21H24N4O3. The highest BCUT2D eigenvalue weighted by Crippen LogP contribution is 2.21. The van der Waals surface area contributed by atoms with Crippen LogP contribution in [0.2, 0.25) is 0 Å². The number of hydrogen-bond donors (Lipinski definition) is 1. The lowest BCUT2D eigenvalue weighted by Gasteiger charge is -2.30. The van der Waals surface area contributed by atoms with Crippen LogP contribution in [0.3, 0.4) is 0 Å². The third kappa shape index (κ3) is 4.48. The number of nitrogens with one attached hydrogen (secondary N) is 1. The molecule has 1 amide bonds. The number of carbonyl (C=O) groups excluding carboxylic acids is 1. The molecule has 0 radical (unpaired) electrons. The van der Waals surface area contributed by atoms with Crippen molar-refractivity contribution >= 4 is 5.91 Å². The summed E-state index contributed by atoms with van der Waals surface area (Å²) in [6.07, 6.45) is 3.47. The minimum absolute atomic E-state index is 0.0387. The van der Waals surface area contributed by atoms with E-state index in [1.807, 2.05) is 43.3 Å². The Morgan fingerprint density at radius 1 is 1.29 bits per heavy atom. The fourth-order valence-corrected chi connectivity index (χ4v) is 3.48. The second kappa shape index (κ2) is 8.39. The van der Waals surface area contributed by atoms with Crippen molar-refractivity contribution in [2.24, 2.45) is 5.92 Å². The highest BCUT2D eigenvalue weighted by Gasteiger charge is 2.27. The molecule has 3 aromatic rings. The van der Waals surface area contributed by atoms with Gasteiger partial charge in [-0.3, -0.25) is 9.69 Å². The van der Waals surface area contributed by atoms with Crippen LogP contribution in [-0.2, 0) is 17.9 Å². The fraction of sp³-hybridized carbons (Fsp3) is 0.381. The normalized spacial score (nSPS) is 17.5. The summed E-state index contributed by atoms with van der Waals surface area (Å²) in [7, 11) is 0. The summed E-state index contributed by atoms with van der Waals surface area (Å²) >= 11 is 0. The molecule has 1 aromatic carbocycles. The molecule has 3 heterocycles. The van der Waals surface area contributed by atoms with E-state index in [-0.39, 0.29) is 11.8 Å². The van der Waals surface area contributed by atoms with Gasteiger partial charge >= 0.3 is 0 Å². The molecule has 146 valence electrons. The molecule has 1 aliphatic rings. The topological polar surface area (TPSA) is 84.4 Å². The van der Waals surface area contributed by atoms with Crippen LogP contribution in [0.15, 0.2) is 51.6 Å². The second-order valence-corrected chi connectivity index (χ2v) is 7.25. The van der Waals surface area contributed by atoms with Crippen molar-refractivity contribution < 1.29 is 13.7 Å². The van der Waals surface area contributed by atoms with Gasteiger partial charge in [-0.2, -0.15) is 4.98 Å². The maximum absolute atomic E-state index is 12.5. The predicted octanol–water partition coefficient (Wildman–Crippen LogP) is 3.17. The number of benzene rings is 1. The average Bonchev–Trinajstić information content (AvgIpc) is 3.39. The highest BCUT2D eigenvalue weighted by molar-refractivity contribution is 5.78. The number of rotatable bonds is 6. The van der Waals surface area contributed by atoms with Gasteiger partial charge in [-0.25, -0.2) is 0 Å². The molecule has 0 aliphatic carbocycles.